The molecule has 0 fully saturated rings. The van der Waals surface area contributed by atoms with Gasteiger partial charge in [0.25, 0.3) is 0 Å². The van der Waals surface area contributed by atoms with Crippen molar-refractivity contribution in [3.05, 3.63) is 41.0 Å². The van der Waals surface area contributed by atoms with E-state index in [4.69, 9.17) is 4.74 Å². The van der Waals surface area contributed by atoms with Crippen LogP contribution in [0.4, 0.5) is 0 Å². The van der Waals surface area contributed by atoms with Crippen LogP contribution in [0.3, 0.4) is 0 Å². The van der Waals surface area contributed by atoms with Crippen molar-refractivity contribution >= 4 is 5.57 Å². The number of ether oxygens (including phenoxy) is 1. The first-order valence-corrected chi connectivity index (χ1v) is 6.79. The Hall–Kier alpha value is -1.08. The molecular formula is C17H24O. The molecule has 1 aliphatic rings. The van der Waals surface area contributed by atoms with Crippen molar-refractivity contribution in [2.45, 2.75) is 40.0 Å². The van der Waals surface area contributed by atoms with E-state index in [1.54, 1.807) is 7.11 Å². The minimum Gasteiger partial charge on any atom is -0.380 e. The molecule has 0 aliphatic heterocycles. The standard InChI is InChI=1S/C17H24O/c1-13-5-7-14(8-6-13)16-11-17(2,3)10-9-15(16)12-18-4/h5-8H,9-12H2,1-4H3. The van der Waals surface area contributed by atoms with Gasteiger partial charge in [-0.2, -0.15) is 0 Å². The molecule has 98 valence electrons. The van der Waals surface area contributed by atoms with E-state index in [1.807, 2.05) is 0 Å². The normalized spacial score (nSPS) is 19.1. The van der Waals surface area contributed by atoms with Crippen LogP contribution in [0.2, 0.25) is 0 Å². The van der Waals surface area contributed by atoms with Crippen LogP contribution in [-0.4, -0.2) is 13.7 Å². The van der Waals surface area contributed by atoms with Gasteiger partial charge in [-0.1, -0.05) is 43.7 Å². The minimum atomic E-state index is 0.414. The summed E-state index contributed by atoms with van der Waals surface area (Å²) in [7, 11) is 1.79. The number of rotatable bonds is 3. The Kier molecular flexibility index (Phi) is 3.91. The van der Waals surface area contributed by atoms with Crippen molar-refractivity contribution < 1.29 is 4.74 Å². The molecule has 1 heteroatoms. The number of hydrogen-bond donors (Lipinski definition) is 0. The summed E-state index contributed by atoms with van der Waals surface area (Å²) in [5.41, 5.74) is 6.11. The topological polar surface area (TPSA) is 9.23 Å². The van der Waals surface area contributed by atoms with E-state index in [0.717, 1.165) is 13.0 Å². The van der Waals surface area contributed by atoms with E-state index >= 15 is 0 Å². The fraction of sp³-hybridized carbons (Fsp3) is 0.529. The summed E-state index contributed by atoms with van der Waals surface area (Å²) in [5.74, 6) is 0. The molecule has 2 rings (SSSR count). The zero-order valence-corrected chi connectivity index (χ0v) is 12.0. The van der Waals surface area contributed by atoms with Crippen molar-refractivity contribution in [3.63, 3.8) is 0 Å². The van der Waals surface area contributed by atoms with Gasteiger partial charge in [0, 0.05) is 7.11 Å². The highest BCUT2D eigenvalue weighted by Gasteiger charge is 2.27. The van der Waals surface area contributed by atoms with Gasteiger partial charge in [0.15, 0.2) is 0 Å². The third kappa shape index (κ3) is 3.02. The average molecular weight is 244 g/mol. The van der Waals surface area contributed by atoms with Crippen LogP contribution in [-0.2, 0) is 4.74 Å². The second kappa shape index (κ2) is 5.27. The Morgan fingerprint density at radius 1 is 1.17 bits per heavy atom. The fourth-order valence-corrected chi connectivity index (χ4v) is 2.73. The summed E-state index contributed by atoms with van der Waals surface area (Å²) in [5, 5.41) is 0. The maximum absolute atomic E-state index is 5.37. The van der Waals surface area contributed by atoms with Gasteiger partial charge in [0.05, 0.1) is 6.61 Å². The van der Waals surface area contributed by atoms with E-state index < -0.39 is 0 Å². The van der Waals surface area contributed by atoms with Gasteiger partial charge in [0.2, 0.25) is 0 Å². The molecule has 0 saturated heterocycles. The van der Waals surface area contributed by atoms with Crippen LogP contribution in [0.5, 0.6) is 0 Å². The highest BCUT2D eigenvalue weighted by atomic mass is 16.5. The van der Waals surface area contributed by atoms with Gasteiger partial charge in [-0.25, -0.2) is 0 Å². The van der Waals surface area contributed by atoms with Crippen LogP contribution >= 0.6 is 0 Å². The van der Waals surface area contributed by atoms with Gasteiger partial charge in [-0.05, 0) is 48.3 Å². The summed E-state index contributed by atoms with van der Waals surface area (Å²) in [6, 6.07) is 8.91. The monoisotopic (exact) mass is 244 g/mol. The molecule has 0 atom stereocenters. The van der Waals surface area contributed by atoms with Crippen LogP contribution in [0.25, 0.3) is 5.57 Å². The summed E-state index contributed by atoms with van der Waals surface area (Å²) in [4.78, 5) is 0. The zero-order valence-electron chi connectivity index (χ0n) is 12.0. The number of allylic oxidation sites excluding steroid dienone is 1. The van der Waals surface area contributed by atoms with E-state index in [0.29, 0.717) is 5.41 Å². The Balaban J connectivity index is 2.37. The summed E-state index contributed by atoms with van der Waals surface area (Å²) in [6.45, 7) is 7.65. The van der Waals surface area contributed by atoms with Crippen molar-refractivity contribution in [1.82, 2.24) is 0 Å². The second-order valence-electron chi connectivity index (χ2n) is 6.22. The molecule has 0 saturated carbocycles. The largest absolute Gasteiger partial charge is 0.380 e. The fourth-order valence-electron chi connectivity index (χ4n) is 2.73. The van der Waals surface area contributed by atoms with Crippen molar-refractivity contribution in [2.24, 2.45) is 5.41 Å². The average Bonchev–Trinajstić information content (AvgIpc) is 2.32. The quantitative estimate of drug-likeness (QED) is 0.754. The molecule has 1 aromatic carbocycles. The van der Waals surface area contributed by atoms with Crippen LogP contribution in [0, 0.1) is 12.3 Å². The molecule has 0 unspecified atom stereocenters. The van der Waals surface area contributed by atoms with Crippen LogP contribution in [0.1, 0.15) is 44.2 Å². The maximum Gasteiger partial charge on any atom is 0.0678 e. The van der Waals surface area contributed by atoms with Gasteiger partial charge < -0.3 is 4.74 Å². The molecule has 1 aromatic rings. The Labute approximate surface area is 111 Å². The van der Waals surface area contributed by atoms with Crippen LogP contribution in [0.15, 0.2) is 29.8 Å². The highest BCUT2D eigenvalue weighted by molar-refractivity contribution is 5.70. The SMILES string of the molecule is COCC1=C(c2ccc(C)cc2)CC(C)(C)CC1. The smallest absolute Gasteiger partial charge is 0.0678 e. The molecule has 0 amide bonds. The second-order valence-corrected chi connectivity index (χ2v) is 6.22. The third-order valence-electron chi connectivity index (χ3n) is 3.90. The maximum atomic E-state index is 5.37. The van der Waals surface area contributed by atoms with Gasteiger partial charge in [-0.3, -0.25) is 0 Å². The van der Waals surface area contributed by atoms with Gasteiger partial charge >= 0.3 is 0 Å². The highest BCUT2D eigenvalue weighted by Crippen LogP contribution is 2.42. The molecule has 18 heavy (non-hydrogen) atoms. The number of benzene rings is 1. The summed E-state index contributed by atoms with van der Waals surface area (Å²) < 4.78 is 5.37. The van der Waals surface area contributed by atoms with Gasteiger partial charge in [0.1, 0.15) is 0 Å². The number of methoxy groups -OCH3 is 1. The molecule has 0 bridgehead atoms. The summed E-state index contributed by atoms with van der Waals surface area (Å²) in [6.07, 6.45) is 3.60. The minimum absolute atomic E-state index is 0.414. The lowest BCUT2D eigenvalue weighted by Gasteiger charge is -2.33. The molecule has 1 nitrogen and oxygen atoms in total. The first-order valence-electron chi connectivity index (χ1n) is 6.79. The molecule has 0 N–H and O–H groups in total. The van der Waals surface area contributed by atoms with E-state index in [1.165, 1.54) is 35.1 Å². The zero-order chi connectivity index (χ0) is 13.2. The Morgan fingerprint density at radius 2 is 1.83 bits per heavy atom. The van der Waals surface area contributed by atoms with Crippen molar-refractivity contribution in [2.75, 3.05) is 13.7 Å². The van der Waals surface area contributed by atoms with Crippen LogP contribution < -0.4 is 0 Å². The lowest BCUT2D eigenvalue weighted by atomic mass is 9.72. The van der Waals surface area contributed by atoms with E-state index in [2.05, 4.69) is 45.0 Å². The molecule has 0 aromatic heterocycles. The predicted octanol–water partition coefficient (Wildman–Crippen LogP) is 4.61. The first kappa shape index (κ1) is 13.4. The first-order chi connectivity index (χ1) is 8.52. The van der Waals surface area contributed by atoms with Crippen molar-refractivity contribution in [3.8, 4) is 0 Å². The van der Waals surface area contributed by atoms with E-state index in [-0.39, 0.29) is 0 Å². The number of aryl methyl sites for hydroxylation is 1. The van der Waals surface area contributed by atoms with E-state index in [9.17, 15) is 0 Å². The molecule has 0 spiro atoms. The lowest BCUT2D eigenvalue weighted by Crippen LogP contribution is -2.19. The molecule has 1 aliphatic carbocycles. The number of hydrogen-bond acceptors (Lipinski definition) is 1. The Bertz CT molecular complexity index is 437. The molecular weight excluding hydrogens is 220 g/mol. The summed E-state index contributed by atoms with van der Waals surface area (Å²) >= 11 is 0. The predicted molar refractivity (Wildman–Crippen MR) is 77.6 cm³/mol. The molecule has 0 heterocycles. The Morgan fingerprint density at radius 3 is 2.44 bits per heavy atom. The lowest BCUT2D eigenvalue weighted by molar-refractivity contribution is 0.215. The van der Waals surface area contributed by atoms with Crippen molar-refractivity contribution in [1.29, 1.82) is 0 Å². The molecule has 0 radical (unpaired) electrons. The van der Waals surface area contributed by atoms with Gasteiger partial charge in [-0.15, -0.1) is 0 Å². The third-order valence-corrected chi connectivity index (χ3v) is 3.90.